The lowest BCUT2D eigenvalue weighted by atomic mass is 10.2. The number of non-ortho nitro benzene ring substituents is 1. The summed E-state index contributed by atoms with van der Waals surface area (Å²) in [5.74, 6) is -0.158. The molecule has 0 aliphatic heterocycles. The number of aromatic hydroxyl groups is 1. The lowest BCUT2D eigenvalue weighted by Crippen LogP contribution is -2.00. The molecule has 0 saturated heterocycles. The zero-order valence-corrected chi connectivity index (χ0v) is 10.3. The number of aromatic nitrogens is 2. The zero-order chi connectivity index (χ0) is 13.4. The molecular formula is C12H13N3O3. The number of nitro benzene ring substituents is 1. The zero-order valence-electron chi connectivity index (χ0n) is 10.3. The highest BCUT2D eigenvalue weighted by Crippen LogP contribution is 2.28. The quantitative estimate of drug-likeness (QED) is 0.652. The van der Waals surface area contributed by atoms with Crippen LogP contribution in [0.25, 0.3) is 5.69 Å². The lowest BCUT2D eigenvalue weighted by Gasteiger charge is -2.06. The minimum atomic E-state index is -0.546. The number of phenols is 1. The van der Waals surface area contributed by atoms with Crippen LogP contribution in [-0.4, -0.2) is 19.8 Å². The number of nitro groups is 1. The van der Waals surface area contributed by atoms with E-state index in [2.05, 4.69) is 5.10 Å². The SMILES string of the molecule is Cc1nn(-c2ccc([N+](=O)[O-])cc2O)c(C)c1C. The maximum absolute atomic E-state index is 10.6. The van der Waals surface area contributed by atoms with E-state index in [1.54, 1.807) is 4.68 Å². The van der Waals surface area contributed by atoms with E-state index in [0.717, 1.165) is 23.0 Å². The monoisotopic (exact) mass is 247 g/mol. The van der Waals surface area contributed by atoms with Crippen molar-refractivity contribution in [3.8, 4) is 11.4 Å². The van der Waals surface area contributed by atoms with Crippen molar-refractivity contribution in [2.45, 2.75) is 20.8 Å². The molecule has 1 heterocycles. The largest absolute Gasteiger partial charge is 0.505 e. The Morgan fingerprint density at radius 2 is 2.00 bits per heavy atom. The number of phenolic OH excluding ortho intramolecular Hbond substituents is 1. The van der Waals surface area contributed by atoms with Crippen molar-refractivity contribution >= 4 is 5.69 Å². The smallest absolute Gasteiger partial charge is 0.273 e. The van der Waals surface area contributed by atoms with Crippen molar-refractivity contribution in [3.63, 3.8) is 0 Å². The average molecular weight is 247 g/mol. The Bertz CT molecular complexity index is 632. The molecule has 0 radical (unpaired) electrons. The van der Waals surface area contributed by atoms with Gasteiger partial charge in [0.15, 0.2) is 0 Å². The molecule has 0 amide bonds. The molecular weight excluding hydrogens is 234 g/mol. The van der Waals surface area contributed by atoms with E-state index in [1.165, 1.54) is 12.1 Å². The van der Waals surface area contributed by atoms with Gasteiger partial charge in [-0.25, -0.2) is 4.68 Å². The van der Waals surface area contributed by atoms with Gasteiger partial charge in [0.25, 0.3) is 5.69 Å². The summed E-state index contributed by atoms with van der Waals surface area (Å²) in [6.07, 6.45) is 0. The van der Waals surface area contributed by atoms with Crippen LogP contribution in [0.4, 0.5) is 5.69 Å². The highest BCUT2D eigenvalue weighted by Gasteiger charge is 2.15. The van der Waals surface area contributed by atoms with Crippen LogP contribution in [0.3, 0.4) is 0 Å². The molecule has 0 aliphatic carbocycles. The topological polar surface area (TPSA) is 81.2 Å². The molecule has 1 N–H and O–H groups in total. The second kappa shape index (κ2) is 4.14. The number of hydrogen-bond donors (Lipinski definition) is 1. The summed E-state index contributed by atoms with van der Waals surface area (Å²) in [7, 11) is 0. The summed E-state index contributed by atoms with van der Waals surface area (Å²) in [4.78, 5) is 10.1. The third-order valence-corrected chi connectivity index (χ3v) is 3.05. The first kappa shape index (κ1) is 12.1. The molecule has 1 aromatic carbocycles. The number of rotatable bonds is 2. The molecule has 18 heavy (non-hydrogen) atoms. The van der Waals surface area contributed by atoms with Crippen LogP contribution >= 0.6 is 0 Å². The van der Waals surface area contributed by atoms with Crippen LogP contribution in [0.2, 0.25) is 0 Å². The molecule has 94 valence electrons. The summed E-state index contributed by atoms with van der Waals surface area (Å²) in [6.45, 7) is 5.70. The van der Waals surface area contributed by atoms with Gasteiger partial charge in [0.1, 0.15) is 11.4 Å². The van der Waals surface area contributed by atoms with Crippen molar-refractivity contribution in [2.75, 3.05) is 0 Å². The standard InChI is InChI=1S/C12H13N3O3/c1-7-8(2)13-14(9(7)3)11-5-4-10(15(17)18)6-12(11)16/h4-6,16H,1-3H3. The van der Waals surface area contributed by atoms with Crippen LogP contribution in [-0.2, 0) is 0 Å². The fourth-order valence-electron chi connectivity index (χ4n) is 1.76. The van der Waals surface area contributed by atoms with E-state index in [0.29, 0.717) is 5.69 Å². The first-order chi connectivity index (χ1) is 8.41. The Balaban J connectivity index is 2.58. The minimum Gasteiger partial charge on any atom is -0.505 e. The second-order valence-electron chi connectivity index (χ2n) is 4.14. The van der Waals surface area contributed by atoms with Gasteiger partial charge in [-0.2, -0.15) is 5.10 Å². The fourth-order valence-corrected chi connectivity index (χ4v) is 1.76. The van der Waals surface area contributed by atoms with E-state index in [1.807, 2.05) is 20.8 Å². The highest BCUT2D eigenvalue weighted by molar-refractivity contribution is 5.53. The first-order valence-electron chi connectivity index (χ1n) is 5.42. The van der Waals surface area contributed by atoms with Crippen LogP contribution < -0.4 is 0 Å². The van der Waals surface area contributed by atoms with E-state index in [9.17, 15) is 15.2 Å². The lowest BCUT2D eigenvalue weighted by molar-refractivity contribution is -0.384. The van der Waals surface area contributed by atoms with Gasteiger partial charge in [0.05, 0.1) is 16.7 Å². The summed E-state index contributed by atoms with van der Waals surface area (Å²) >= 11 is 0. The normalized spacial score (nSPS) is 10.6. The van der Waals surface area contributed by atoms with Crippen LogP contribution in [0.15, 0.2) is 18.2 Å². The summed E-state index contributed by atoms with van der Waals surface area (Å²) in [5, 5.41) is 24.8. The van der Waals surface area contributed by atoms with Crippen molar-refractivity contribution in [1.29, 1.82) is 0 Å². The van der Waals surface area contributed by atoms with Crippen LogP contribution in [0, 0.1) is 30.9 Å². The summed E-state index contributed by atoms with van der Waals surface area (Å²) in [5.41, 5.74) is 3.10. The molecule has 2 aromatic rings. The van der Waals surface area contributed by atoms with Gasteiger partial charge in [-0.1, -0.05) is 0 Å². The average Bonchev–Trinajstić information content (AvgIpc) is 2.57. The van der Waals surface area contributed by atoms with Gasteiger partial charge in [-0.3, -0.25) is 10.1 Å². The van der Waals surface area contributed by atoms with Crippen LogP contribution in [0.5, 0.6) is 5.75 Å². The number of nitrogens with zero attached hydrogens (tertiary/aromatic N) is 3. The van der Waals surface area contributed by atoms with E-state index in [-0.39, 0.29) is 11.4 Å². The van der Waals surface area contributed by atoms with Crippen molar-refractivity contribution in [2.24, 2.45) is 0 Å². The number of aryl methyl sites for hydroxylation is 1. The summed E-state index contributed by atoms with van der Waals surface area (Å²) < 4.78 is 1.59. The van der Waals surface area contributed by atoms with Crippen molar-refractivity contribution < 1.29 is 10.0 Å². The predicted octanol–water partition coefficient (Wildman–Crippen LogP) is 2.41. The molecule has 2 rings (SSSR count). The molecule has 6 nitrogen and oxygen atoms in total. The molecule has 0 aliphatic rings. The van der Waals surface area contributed by atoms with Gasteiger partial charge < -0.3 is 5.11 Å². The van der Waals surface area contributed by atoms with Gasteiger partial charge >= 0.3 is 0 Å². The maximum Gasteiger partial charge on any atom is 0.273 e. The molecule has 0 fully saturated rings. The van der Waals surface area contributed by atoms with Gasteiger partial charge in [0, 0.05) is 11.8 Å². The van der Waals surface area contributed by atoms with Crippen LogP contribution in [0.1, 0.15) is 17.0 Å². The molecule has 0 saturated carbocycles. The van der Waals surface area contributed by atoms with E-state index >= 15 is 0 Å². The molecule has 0 atom stereocenters. The van der Waals surface area contributed by atoms with Gasteiger partial charge in [-0.05, 0) is 32.4 Å². The van der Waals surface area contributed by atoms with E-state index < -0.39 is 4.92 Å². The van der Waals surface area contributed by atoms with Gasteiger partial charge in [-0.15, -0.1) is 0 Å². The predicted molar refractivity (Wildman–Crippen MR) is 66.1 cm³/mol. The Morgan fingerprint density at radius 3 is 2.44 bits per heavy atom. The first-order valence-corrected chi connectivity index (χ1v) is 5.42. The maximum atomic E-state index is 10.6. The Hall–Kier alpha value is -2.37. The van der Waals surface area contributed by atoms with Crippen molar-refractivity contribution in [1.82, 2.24) is 9.78 Å². The Morgan fingerprint density at radius 1 is 1.33 bits per heavy atom. The minimum absolute atomic E-state index is 0.144. The third-order valence-electron chi connectivity index (χ3n) is 3.05. The second-order valence-corrected chi connectivity index (χ2v) is 4.14. The number of hydrogen-bond acceptors (Lipinski definition) is 4. The molecule has 0 unspecified atom stereocenters. The van der Waals surface area contributed by atoms with E-state index in [4.69, 9.17) is 0 Å². The molecule has 1 aromatic heterocycles. The van der Waals surface area contributed by atoms with Crippen molar-refractivity contribution in [3.05, 3.63) is 45.3 Å². The Labute approximate surface area is 104 Å². The third kappa shape index (κ3) is 1.81. The molecule has 6 heteroatoms. The number of benzene rings is 1. The Kier molecular flexibility index (Phi) is 2.78. The summed E-state index contributed by atoms with van der Waals surface area (Å²) in [6, 6.07) is 3.97. The molecule has 0 bridgehead atoms. The molecule has 0 spiro atoms. The van der Waals surface area contributed by atoms with Gasteiger partial charge in [0.2, 0.25) is 0 Å². The fraction of sp³-hybridized carbons (Fsp3) is 0.250. The highest BCUT2D eigenvalue weighted by atomic mass is 16.6.